The molecule has 1 saturated heterocycles. The second-order valence-electron chi connectivity index (χ2n) is 7.35. The molecule has 1 atom stereocenters. The standard InChI is InChI=1S/C19H26N4O3/c1-14(24)18-11-16-12-22(8-9-23(16)20-18)19(25)15-4-6-21(7-5-15)13-17-3-2-10-26-17/h2-3,10-11,14-15,24H,4-9,12-13H2,1H3. The number of aliphatic hydroxyl groups excluding tert-OH is 1. The van der Waals surface area contributed by atoms with Crippen molar-refractivity contribution >= 4 is 5.91 Å². The molecule has 0 aliphatic carbocycles. The second kappa shape index (κ2) is 7.25. The number of furan rings is 1. The van der Waals surface area contributed by atoms with Crippen molar-refractivity contribution in [2.45, 2.75) is 45.5 Å². The van der Waals surface area contributed by atoms with E-state index in [9.17, 15) is 9.90 Å². The topological polar surface area (TPSA) is 74.7 Å². The number of fused-ring (bicyclic) bond motifs is 1. The van der Waals surface area contributed by atoms with E-state index in [1.807, 2.05) is 27.8 Å². The van der Waals surface area contributed by atoms with Crippen LogP contribution in [0.15, 0.2) is 28.9 Å². The summed E-state index contributed by atoms with van der Waals surface area (Å²) in [5, 5.41) is 14.1. The van der Waals surface area contributed by atoms with Crippen molar-refractivity contribution in [2.24, 2.45) is 5.92 Å². The number of rotatable bonds is 4. The first-order valence-electron chi connectivity index (χ1n) is 9.38. The number of likely N-dealkylation sites (tertiary alicyclic amines) is 1. The summed E-state index contributed by atoms with van der Waals surface area (Å²) >= 11 is 0. The zero-order valence-electron chi connectivity index (χ0n) is 15.2. The first-order chi connectivity index (χ1) is 12.6. The molecule has 0 aromatic carbocycles. The minimum atomic E-state index is -0.573. The van der Waals surface area contributed by atoms with Gasteiger partial charge in [-0.2, -0.15) is 5.10 Å². The van der Waals surface area contributed by atoms with Crippen LogP contribution in [0.5, 0.6) is 0 Å². The molecule has 0 saturated carbocycles. The normalized spacial score (nSPS) is 20.2. The molecular weight excluding hydrogens is 332 g/mol. The Morgan fingerprint density at radius 1 is 1.35 bits per heavy atom. The Bertz CT molecular complexity index is 745. The average Bonchev–Trinajstić information content (AvgIpc) is 3.30. The molecule has 1 N–H and O–H groups in total. The Labute approximate surface area is 153 Å². The summed E-state index contributed by atoms with van der Waals surface area (Å²) in [5.74, 6) is 1.34. The van der Waals surface area contributed by atoms with Gasteiger partial charge in [0.25, 0.3) is 0 Å². The highest BCUT2D eigenvalue weighted by atomic mass is 16.3. The van der Waals surface area contributed by atoms with Crippen LogP contribution in [-0.4, -0.2) is 50.2 Å². The molecule has 7 heteroatoms. The van der Waals surface area contributed by atoms with Crippen molar-refractivity contribution in [2.75, 3.05) is 19.6 Å². The highest BCUT2D eigenvalue weighted by molar-refractivity contribution is 5.79. The summed E-state index contributed by atoms with van der Waals surface area (Å²) < 4.78 is 7.33. The molecule has 2 aromatic heterocycles. The van der Waals surface area contributed by atoms with Crippen molar-refractivity contribution in [3.8, 4) is 0 Å². The summed E-state index contributed by atoms with van der Waals surface area (Å²) in [6.45, 7) is 6.37. The van der Waals surface area contributed by atoms with Crippen molar-refractivity contribution < 1.29 is 14.3 Å². The number of piperidine rings is 1. The second-order valence-corrected chi connectivity index (χ2v) is 7.35. The van der Waals surface area contributed by atoms with Gasteiger partial charge in [0.1, 0.15) is 5.76 Å². The van der Waals surface area contributed by atoms with Crippen LogP contribution in [0.4, 0.5) is 0 Å². The zero-order chi connectivity index (χ0) is 18.1. The molecule has 1 amide bonds. The number of hydrogen-bond acceptors (Lipinski definition) is 5. The van der Waals surface area contributed by atoms with Crippen molar-refractivity contribution in [3.63, 3.8) is 0 Å². The van der Waals surface area contributed by atoms with E-state index in [4.69, 9.17) is 4.42 Å². The van der Waals surface area contributed by atoms with Crippen LogP contribution < -0.4 is 0 Å². The van der Waals surface area contributed by atoms with Crippen LogP contribution >= 0.6 is 0 Å². The lowest BCUT2D eigenvalue weighted by Crippen LogP contribution is -2.45. The van der Waals surface area contributed by atoms with Crippen LogP contribution in [0.3, 0.4) is 0 Å². The van der Waals surface area contributed by atoms with Gasteiger partial charge in [-0.1, -0.05) is 0 Å². The van der Waals surface area contributed by atoms with Gasteiger partial charge in [0.2, 0.25) is 5.91 Å². The molecule has 4 rings (SSSR count). The maximum Gasteiger partial charge on any atom is 0.226 e. The average molecular weight is 358 g/mol. The molecule has 0 bridgehead atoms. The van der Waals surface area contributed by atoms with Crippen LogP contribution in [-0.2, 0) is 24.4 Å². The minimum absolute atomic E-state index is 0.105. The summed E-state index contributed by atoms with van der Waals surface area (Å²) in [6, 6.07) is 5.82. The van der Waals surface area contributed by atoms with Gasteiger partial charge in [-0.05, 0) is 51.1 Å². The maximum atomic E-state index is 12.9. The molecule has 1 unspecified atom stereocenters. The lowest BCUT2D eigenvalue weighted by Gasteiger charge is -2.35. The molecule has 2 aliphatic heterocycles. The SMILES string of the molecule is CC(O)c1cc2n(n1)CCN(C(=O)C1CCN(Cc3ccco3)CC1)C2. The van der Waals surface area contributed by atoms with Gasteiger partial charge >= 0.3 is 0 Å². The number of hydrogen-bond donors (Lipinski definition) is 1. The third kappa shape index (κ3) is 3.54. The number of aliphatic hydroxyl groups is 1. The van der Waals surface area contributed by atoms with Crippen LogP contribution in [0.25, 0.3) is 0 Å². The number of amides is 1. The zero-order valence-corrected chi connectivity index (χ0v) is 15.2. The van der Waals surface area contributed by atoms with Gasteiger partial charge in [0.15, 0.2) is 0 Å². The fourth-order valence-corrected chi connectivity index (χ4v) is 3.90. The third-order valence-electron chi connectivity index (χ3n) is 5.45. The smallest absolute Gasteiger partial charge is 0.226 e. The van der Waals surface area contributed by atoms with E-state index in [2.05, 4.69) is 10.00 Å². The summed E-state index contributed by atoms with van der Waals surface area (Å²) in [5.41, 5.74) is 1.69. The molecule has 7 nitrogen and oxygen atoms in total. The van der Waals surface area contributed by atoms with Crippen molar-refractivity contribution in [1.29, 1.82) is 0 Å². The molecule has 2 aromatic rings. The molecule has 140 valence electrons. The lowest BCUT2D eigenvalue weighted by atomic mass is 9.95. The molecular formula is C19H26N4O3. The van der Waals surface area contributed by atoms with E-state index in [0.29, 0.717) is 25.3 Å². The number of nitrogens with zero attached hydrogens (tertiary/aromatic N) is 4. The number of carbonyl (C=O) groups excluding carboxylic acids is 1. The molecule has 4 heterocycles. The van der Waals surface area contributed by atoms with E-state index >= 15 is 0 Å². The molecule has 0 radical (unpaired) electrons. The maximum absolute atomic E-state index is 12.9. The van der Waals surface area contributed by atoms with E-state index < -0.39 is 6.10 Å². The van der Waals surface area contributed by atoms with Crippen LogP contribution in [0.1, 0.15) is 43.0 Å². The highest BCUT2D eigenvalue weighted by Crippen LogP contribution is 2.24. The van der Waals surface area contributed by atoms with Gasteiger partial charge < -0.3 is 14.4 Å². The third-order valence-corrected chi connectivity index (χ3v) is 5.45. The molecule has 0 spiro atoms. The predicted octanol–water partition coefficient (Wildman–Crippen LogP) is 1.78. The predicted molar refractivity (Wildman–Crippen MR) is 95.0 cm³/mol. The largest absolute Gasteiger partial charge is 0.468 e. The fourth-order valence-electron chi connectivity index (χ4n) is 3.90. The van der Waals surface area contributed by atoms with E-state index in [0.717, 1.165) is 43.9 Å². The van der Waals surface area contributed by atoms with Gasteiger partial charge in [0, 0.05) is 12.5 Å². The minimum Gasteiger partial charge on any atom is -0.468 e. The Balaban J connectivity index is 1.32. The summed E-state index contributed by atoms with van der Waals surface area (Å²) in [4.78, 5) is 17.2. The summed E-state index contributed by atoms with van der Waals surface area (Å²) in [7, 11) is 0. The fraction of sp³-hybridized carbons (Fsp3) is 0.579. The van der Waals surface area contributed by atoms with E-state index in [1.54, 1.807) is 13.2 Å². The lowest BCUT2D eigenvalue weighted by molar-refractivity contribution is -0.138. The molecule has 1 fully saturated rings. The Morgan fingerprint density at radius 2 is 2.15 bits per heavy atom. The first kappa shape index (κ1) is 17.3. The van der Waals surface area contributed by atoms with Crippen LogP contribution in [0.2, 0.25) is 0 Å². The number of aromatic nitrogens is 2. The van der Waals surface area contributed by atoms with Gasteiger partial charge in [-0.25, -0.2) is 0 Å². The monoisotopic (exact) mass is 358 g/mol. The quantitative estimate of drug-likeness (QED) is 0.902. The highest BCUT2D eigenvalue weighted by Gasteiger charge is 2.31. The Kier molecular flexibility index (Phi) is 4.82. The Hall–Kier alpha value is -2.12. The van der Waals surface area contributed by atoms with Crippen molar-refractivity contribution in [3.05, 3.63) is 41.6 Å². The molecule has 26 heavy (non-hydrogen) atoms. The number of carbonyl (C=O) groups is 1. The van der Waals surface area contributed by atoms with Gasteiger partial charge in [-0.3, -0.25) is 14.4 Å². The van der Waals surface area contributed by atoms with Gasteiger partial charge in [-0.15, -0.1) is 0 Å². The van der Waals surface area contributed by atoms with E-state index in [-0.39, 0.29) is 11.8 Å². The van der Waals surface area contributed by atoms with E-state index in [1.165, 1.54) is 0 Å². The van der Waals surface area contributed by atoms with Crippen molar-refractivity contribution in [1.82, 2.24) is 19.6 Å². The molecule has 2 aliphatic rings. The first-order valence-corrected chi connectivity index (χ1v) is 9.38. The summed E-state index contributed by atoms with van der Waals surface area (Å²) in [6.07, 6.45) is 2.92. The van der Waals surface area contributed by atoms with Gasteiger partial charge in [0.05, 0.1) is 43.4 Å². The Morgan fingerprint density at radius 3 is 2.85 bits per heavy atom. The van der Waals surface area contributed by atoms with Crippen LogP contribution in [0, 0.1) is 5.92 Å².